The van der Waals surface area contributed by atoms with E-state index in [2.05, 4.69) is 15.1 Å². The predicted octanol–water partition coefficient (Wildman–Crippen LogP) is 3.83. The van der Waals surface area contributed by atoms with Crippen LogP contribution in [0.1, 0.15) is 5.56 Å². The number of nitrogens with zero attached hydrogens (tertiary/aromatic N) is 4. The number of benzene rings is 1. The number of halogens is 3. The summed E-state index contributed by atoms with van der Waals surface area (Å²) < 4.78 is 1.73. The molecule has 0 aliphatic carbocycles. The highest BCUT2D eigenvalue weighted by molar-refractivity contribution is 6.34. The molecule has 0 saturated heterocycles. The molecule has 0 N–H and O–H groups in total. The maximum atomic E-state index is 5.98. The topological polar surface area (TPSA) is 43.6 Å². The monoisotopic (exact) mass is 312 g/mol. The van der Waals surface area contributed by atoms with Gasteiger partial charge in [-0.25, -0.2) is 14.6 Å². The molecule has 0 bridgehead atoms. The molecule has 2 aromatic heterocycles. The third-order valence-corrected chi connectivity index (χ3v) is 3.38. The van der Waals surface area contributed by atoms with Crippen LogP contribution in [0, 0.1) is 0 Å². The first-order valence-corrected chi connectivity index (χ1v) is 6.54. The van der Waals surface area contributed by atoms with Crippen molar-refractivity contribution in [3.63, 3.8) is 0 Å². The number of fused-ring (bicyclic) bond motifs is 1. The summed E-state index contributed by atoms with van der Waals surface area (Å²) in [6.45, 7) is 0.511. The molecular weight excluding hydrogens is 307 g/mol. The summed E-state index contributed by atoms with van der Waals surface area (Å²) >= 11 is 17.9. The maximum absolute atomic E-state index is 5.98. The molecule has 0 atom stereocenters. The van der Waals surface area contributed by atoms with Crippen molar-refractivity contribution in [3.05, 3.63) is 51.5 Å². The van der Waals surface area contributed by atoms with Crippen molar-refractivity contribution in [3.8, 4) is 0 Å². The Bertz CT molecular complexity index is 734. The summed E-state index contributed by atoms with van der Waals surface area (Å²) in [5.41, 5.74) is 1.62. The summed E-state index contributed by atoms with van der Waals surface area (Å²) in [6, 6.07) is 5.36. The van der Waals surface area contributed by atoms with Gasteiger partial charge in [0.2, 0.25) is 0 Å². The van der Waals surface area contributed by atoms with Crippen molar-refractivity contribution in [1.82, 2.24) is 19.7 Å². The molecule has 3 rings (SSSR count). The highest BCUT2D eigenvalue weighted by atomic mass is 35.5. The van der Waals surface area contributed by atoms with Crippen LogP contribution in [0.3, 0.4) is 0 Å². The largest absolute Gasteiger partial charge is 0.243 e. The Morgan fingerprint density at radius 3 is 2.47 bits per heavy atom. The van der Waals surface area contributed by atoms with Gasteiger partial charge in [-0.3, -0.25) is 0 Å². The Morgan fingerprint density at radius 2 is 1.74 bits per heavy atom. The second-order valence-corrected chi connectivity index (χ2v) is 5.21. The molecule has 4 nitrogen and oxygen atoms in total. The van der Waals surface area contributed by atoms with Crippen molar-refractivity contribution >= 4 is 45.8 Å². The first-order valence-electron chi connectivity index (χ1n) is 5.40. The van der Waals surface area contributed by atoms with Gasteiger partial charge in [0, 0.05) is 10.0 Å². The van der Waals surface area contributed by atoms with E-state index in [0.717, 1.165) is 10.9 Å². The van der Waals surface area contributed by atoms with Crippen LogP contribution in [0.15, 0.2) is 30.7 Å². The Kier molecular flexibility index (Phi) is 3.31. The zero-order valence-electron chi connectivity index (χ0n) is 9.52. The van der Waals surface area contributed by atoms with Crippen LogP contribution in [0.4, 0.5) is 0 Å². The van der Waals surface area contributed by atoms with Crippen LogP contribution in [-0.2, 0) is 6.54 Å². The first-order chi connectivity index (χ1) is 9.13. The van der Waals surface area contributed by atoms with Crippen LogP contribution in [-0.4, -0.2) is 19.7 Å². The van der Waals surface area contributed by atoms with Gasteiger partial charge in [0.15, 0.2) is 5.65 Å². The lowest BCUT2D eigenvalue weighted by Crippen LogP contribution is -2.02. The van der Waals surface area contributed by atoms with E-state index in [1.165, 1.54) is 6.33 Å². The van der Waals surface area contributed by atoms with E-state index >= 15 is 0 Å². The SMILES string of the molecule is Clc1cc(Cl)cc(Cn2ncc3c(Cl)ncnc32)c1. The van der Waals surface area contributed by atoms with Gasteiger partial charge in [-0.2, -0.15) is 5.10 Å². The van der Waals surface area contributed by atoms with Crippen LogP contribution < -0.4 is 0 Å². The molecule has 0 aliphatic heterocycles. The molecule has 19 heavy (non-hydrogen) atoms. The highest BCUT2D eigenvalue weighted by Crippen LogP contribution is 2.22. The number of rotatable bonds is 2. The van der Waals surface area contributed by atoms with E-state index in [4.69, 9.17) is 34.8 Å². The quantitative estimate of drug-likeness (QED) is 0.675. The lowest BCUT2D eigenvalue weighted by molar-refractivity contribution is 0.704. The van der Waals surface area contributed by atoms with Crippen molar-refractivity contribution in [2.75, 3.05) is 0 Å². The smallest absolute Gasteiger partial charge is 0.162 e. The fourth-order valence-corrected chi connectivity index (χ4v) is 2.60. The number of hydrogen-bond donors (Lipinski definition) is 0. The molecule has 2 heterocycles. The highest BCUT2D eigenvalue weighted by Gasteiger charge is 2.09. The van der Waals surface area contributed by atoms with E-state index in [1.807, 2.05) is 12.1 Å². The van der Waals surface area contributed by atoms with Crippen LogP contribution in [0.25, 0.3) is 11.0 Å². The molecule has 0 unspecified atom stereocenters. The van der Waals surface area contributed by atoms with Crippen molar-refractivity contribution < 1.29 is 0 Å². The van der Waals surface area contributed by atoms with E-state index < -0.39 is 0 Å². The van der Waals surface area contributed by atoms with Crippen molar-refractivity contribution in [2.45, 2.75) is 6.54 Å². The number of aromatic nitrogens is 4. The van der Waals surface area contributed by atoms with Gasteiger partial charge < -0.3 is 0 Å². The lowest BCUT2D eigenvalue weighted by atomic mass is 10.2. The minimum absolute atomic E-state index is 0.389. The Hall–Kier alpha value is -1.36. The van der Waals surface area contributed by atoms with Crippen LogP contribution in [0.5, 0.6) is 0 Å². The second kappa shape index (κ2) is 4.96. The summed E-state index contributed by atoms with van der Waals surface area (Å²) in [6.07, 6.45) is 3.05. The fourth-order valence-electron chi connectivity index (χ4n) is 1.86. The molecule has 1 aromatic carbocycles. The molecule has 3 aromatic rings. The Morgan fingerprint density at radius 1 is 1.00 bits per heavy atom. The van der Waals surface area contributed by atoms with Gasteiger partial charge in [0.05, 0.1) is 18.1 Å². The second-order valence-electron chi connectivity index (χ2n) is 3.98. The van der Waals surface area contributed by atoms with Gasteiger partial charge in [-0.15, -0.1) is 0 Å². The van der Waals surface area contributed by atoms with Crippen molar-refractivity contribution in [1.29, 1.82) is 0 Å². The molecular formula is C12H7Cl3N4. The molecule has 0 aliphatic rings. The normalized spacial score (nSPS) is 11.1. The summed E-state index contributed by atoms with van der Waals surface area (Å²) in [7, 11) is 0. The fraction of sp³-hybridized carbons (Fsp3) is 0.0833. The van der Waals surface area contributed by atoms with E-state index in [0.29, 0.717) is 27.4 Å². The van der Waals surface area contributed by atoms with Gasteiger partial charge in [0.1, 0.15) is 11.5 Å². The average molecular weight is 314 g/mol. The summed E-state index contributed by atoms with van der Waals surface area (Å²) in [5.74, 6) is 0. The van der Waals surface area contributed by atoms with Crippen LogP contribution in [0.2, 0.25) is 15.2 Å². The maximum Gasteiger partial charge on any atom is 0.162 e. The molecule has 0 fully saturated rings. The molecule has 7 heteroatoms. The average Bonchev–Trinajstić information content (AvgIpc) is 2.73. The molecule has 96 valence electrons. The Balaban J connectivity index is 2.04. The van der Waals surface area contributed by atoms with Gasteiger partial charge >= 0.3 is 0 Å². The third-order valence-electron chi connectivity index (χ3n) is 2.64. The summed E-state index contributed by atoms with van der Waals surface area (Å²) in [5, 5.41) is 6.54. The first kappa shape index (κ1) is 12.7. The predicted molar refractivity (Wildman–Crippen MR) is 75.9 cm³/mol. The minimum Gasteiger partial charge on any atom is -0.243 e. The van der Waals surface area contributed by atoms with E-state index in [-0.39, 0.29) is 0 Å². The molecule has 0 radical (unpaired) electrons. The van der Waals surface area contributed by atoms with Gasteiger partial charge in [-0.05, 0) is 23.8 Å². The molecule has 0 spiro atoms. The van der Waals surface area contributed by atoms with Crippen LogP contribution >= 0.6 is 34.8 Å². The zero-order chi connectivity index (χ0) is 13.4. The molecule has 0 amide bonds. The number of hydrogen-bond acceptors (Lipinski definition) is 3. The summed E-state index contributed by atoms with van der Waals surface area (Å²) in [4.78, 5) is 8.10. The minimum atomic E-state index is 0.389. The van der Waals surface area contributed by atoms with E-state index in [9.17, 15) is 0 Å². The molecule has 0 saturated carbocycles. The van der Waals surface area contributed by atoms with Gasteiger partial charge in [0.25, 0.3) is 0 Å². The van der Waals surface area contributed by atoms with Gasteiger partial charge in [-0.1, -0.05) is 34.8 Å². The van der Waals surface area contributed by atoms with Crippen molar-refractivity contribution in [2.24, 2.45) is 0 Å². The zero-order valence-corrected chi connectivity index (χ0v) is 11.8. The Labute approximate surface area is 123 Å². The van der Waals surface area contributed by atoms with E-state index in [1.54, 1.807) is 16.9 Å². The lowest BCUT2D eigenvalue weighted by Gasteiger charge is -2.04. The standard InChI is InChI=1S/C12H7Cl3N4/c13-8-1-7(2-9(14)3-8)5-19-12-10(4-18-19)11(15)16-6-17-12/h1-4,6H,5H2. The third kappa shape index (κ3) is 2.52.